The van der Waals surface area contributed by atoms with Gasteiger partial charge in [0.25, 0.3) is 5.91 Å². The summed E-state index contributed by atoms with van der Waals surface area (Å²) in [5.41, 5.74) is 1.84. The molecule has 0 aliphatic heterocycles. The summed E-state index contributed by atoms with van der Waals surface area (Å²) >= 11 is 0. The Labute approximate surface area is 158 Å². The van der Waals surface area contributed by atoms with Crippen LogP contribution in [-0.4, -0.2) is 56.7 Å². The molecule has 6 heteroatoms. The van der Waals surface area contributed by atoms with Crippen molar-refractivity contribution >= 4 is 11.9 Å². The van der Waals surface area contributed by atoms with E-state index in [-0.39, 0.29) is 5.91 Å². The van der Waals surface area contributed by atoms with Crippen molar-refractivity contribution in [1.82, 2.24) is 15.5 Å². The summed E-state index contributed by atoms with van der Waals surface area (Å²) in [7, 11) is 1.77. The highest BCUT2D eigenvalue weighted by atomic mass is 16.5. The van der Waals surface area contributed by atoms with Crippen molar-refractivity contribution in [2.45, 2.75) is 40.2 Å². The van der Waals surface area contributed by atoms with Gasteiger partial charge in [-0.1, -0.05) is 12.1 Å². The fraction of sp³-hybridized carbons (Fsp3) is 0.600. The first-order valence-corrected chi connectivity index (χ1v) is 9.56. The van der Waals surface area contributed by atoms with Crippen LogP contribution in [0.2, 0.25) is 0 Å². The highest BCUT2D eigenvalue weighted by Gasteiger charge is 2.11. The number of guanidine groups is 1. The second-order valence-electron chi connectivity index (χ2n) is 5.93. The first-order chi connectivity index (χ1) is 12.7. The maximum Gasteiger partial charge on any atom is 0.253 e. The molecule has 1 amide bonds. The van der Waals surface area contributed by atoms with Gasteiger partial charge in [0.05, 0.1) is 0 Å². The maximum atomic E-state index is 12.3. The van der Waals surface area contributed by atoms with E-state index in [0.717, 1.165) is 62.8 Å². The molecule has 0 saturated heterocycles. The summed E-state index contributed by atoms with van der Waals surface area (Å²) in [6, 6.07) is 7.75. The van der Waals surface area contributed by atoms with Gasteiger partial charge in [0.15, 0.2) is 5.96 Å². The van der Waals surface area contributed by atoms with Crippen LogP contribution in [0.25, 0.3) is 0 Å². The number of nitrogens with one attached hydrogen (secondary N) is 2. The maximum absolute atomic E-state index is 12.3. The van der Waals surface area contributed by atoms with Gasteiger partial charge in [-0.15, -0.1) is 0 Å². The molecule has 1 aromatic carbocycles. The van der Waals surface area contributed by atoms with E-state index in [1.54, 1.807) is 7.05 Å². The van der Waals surface area contributed by atoms with E-state index in [4.69, 9.17) is 4.74 Å². The number of aliphatic imine (C=N–C) groups is 1. The normalized spacial score (nSPS) is 11.3. The summed E-state index contributed by atoms with van der Waals surface area (Å²) in [6.45, 7) is 10.6. The molecular weight excluding hydrogens is 328 g/mol. The molecule has 146 valence electrons. The van der Waals surface area contributed by atoms with Gasteiger partial charge in [-0.05, 0) is 51.3 Å². The second kappa shape index (κ2) is 13.2. The summed E-state index contributed by atoms with van der Waals surface area (Å²) < 4.78 is 5.33. The molecule has 0 spiro atoms. The van der Waals surface area contributed by atoms with Crippen LogP contribution in [0, 0.1) is 0 Å². The molecule has 0 heterocycles. The van der Waals surface area contributed by atoms with Gasteiger partial charge in [-0.3, -0.25) is 9.79 Å². The minimum Gasteiger partial charge on any atom is -0.382 e. The quantitative estimate of drug-likeness (QED) is 0.361. The fourth-order valence-corrected chi connectivity index (χ4v) is 2.55. The predicted molar refractivity (Wildman–Crippen MR) is 108 cm³/mol. The molecule has 0 fully saturated rings. The van der Waals surface area contributed by atoms with Crippen molar-refractivity contribution in [3.05, 3.63) is 35.4 Å². The van der Waals surface area contributed by atoms with E-state index in [9.17, 15) is 4.79 Å². The lowest BCUT2D eigenvalue weighted by Crippen LogP contribution is -2.37. The molecule has 2 N–H and O–H groups in total. The molecule has 26 heavy (non-hydrogen) atoms. The van der Waals surface area contributed by atoms with Crippen molar-refractivity contribution in [2.75, 3.05) is 39.9 Å². The van der Waals surface area contributed by atoms with Crippen LogP contribution in [0.1, 0.15) is 49.5 Å². The molecule has 0 aliphatic carbocycles. The molecule has 0 bridgehead atoms. The van der Waals surface area contributed by atoms with Crippen LogP contribution >= 0.6 is 0 Å². The number of hydrogen-bond acceptors (Lipinski definition) is 3. The van der Waals surface area contributed by atoms with Gasteiger partial charge in [0, 0.05) is 52.0 Å². The van der Waals surface area contributed by atoms with E-state index in [2.05, 4.69) is 15.6 Å². The second-order valence-corrected chi connectivity index (χ2v) is 5.93. The van der Waals surface area contributed by atoms with E-state index in [0.29, 0.717) is 6.54 Å². The smallest absolute Gasteiger partial charge is 0.253 e. The Bertz CT molecular complexity index is 539. The Kier molecular flexibility index (Phi) is 11.1. The van der Waals surface area contributed by atoms with Crippen LogP contribution < -0.4 is 10.6 Å². The van der Waals surface area contributed by atoms with Gasteiger partial charge in [0.1, 0.15) is 0 Å². The molecule has 0 unspecified atom stereocenters. The van der Waals surface area contributed by atoms with Crippen LogP contribution in [0.5, 0.6) is 0 Å². The Morgan fingerprint density at radius 3 is 2.35 bits per heavy atom. The number of benzene rings is 1. The largest absolute Gasteiger partial charge is 0.382 e. The number of rotatable bonds is 11. The summed E-state index contributed by atoms with van der Waals surface area (Å²) in [4.78, 5) is 18.4. The van der Waals surface area contributed by atoms with Crippen molar-refractivity contribution in [1.29, 1.82) is 0 Å². The summed E-state index contributed by atoms with van der Waals surface area (Å²) in [5, 5.41) is 6.59. The number of nitrogens with zero attached hydrogens (tertiary/aromatic N) is 2. The van der Waals surface area contributed by atoms with Gasteiger partial charge >= 0.3 is 0 Å². The number of amides is 1. The summed E-state index contributed by atoms with van der Waals surface area (Å²) in [5.74, 6) is 0.865. The molecule has 1 aromatic rings. The topological polar surface area (TPSA) is 66.0 Å². The third kappa shape index (κ3) is 7.87. The number of unbranched alkanes of at least 4 members (excludes halogenated alkanes) is 1. The van der Waals surface area contributed by atoms with Crippen molar-refractivity contribution in [3.63, 3.8) is 0 Å². The molecule has 0 atom stereocenters. The lowest BCUT2D eigenvalue weighted by molar-refractivity contribution is 0.0773. The van der Waals surface area contributed by atoms with Crippen molar-refractivity contribution in [3.8, 4) is 0 Å². The van der Waals surface area contributed by atoms with Crippen LogP contribution in [0.3, 0.4) is 0 Å². The van der Waals surface area contributed by atoms with E-state index < -0.39 is 0 Å². The molecule has 6 nitrogen and oxygen atoms in total. The number of ether oxygens (including phenoxy) is 1. The first-order valence-electron chi connectivity index (χ1n) is 9.56. The average Bonchev–Trinajstić information content (AvgIpc) is 2.68. The van der Waals surface area contributed by atoms with Crippen LogP contribution in [-0.2, 0) is 11.3 Å². The number of carbonyl (C=O) groups is 1. The molecule has 0 saturated carbocycles. The van der Waals surface area contributed by atoms with E-state index in [1.165, 1.54) is 0 Å². The molecule has 0 aromatic heterocycles. The highest BCUT2D eigenvalue weighted by molar-refractivity contribution is 5.94. The van der Waals surface area contributed by atoms with E-state index in [1.807, 2.05) is 49.9 Å². The highest BCUT2D eigenvalue weighted by Crippen LogP contribution is 2.08. The minimum atomic E-state index is 0.0824. The Morgan fingerprint density at radius 1 is 1.08 bits per heavy atom. The lowest BCUT2D eigenvalue weighted by atomic mass is 10.1. The van der Waals surface area contributed by atoms with Gasteiger partial charge < -0.3 is 20.3 Å². The zero-order chi connectivity index (χ0) is 19.2. The van der Waals surface area contributed by atoms with Crippen LogP contribution in [0.15, 0.2) is 29.3 Å². The zero-order valence-corrected chi connectivity index (χ0v) is 16.7. The third-order valence-electron chi connectivity index (χ3n) is 4.15. The van der Waals surface area contributed by atoms with Crippen molar-refractivity contribution < 1.29 is 9.53 Å². The van der Waals surface area contributed by atoms with Gasteiger partial charge in [0.2, 0.25) is 0 Å². The van der Waals surface area contributed by atoms with E-state index >= 15 is 0 Å². The Balaban J connectivity index is 2.40. The zero-order valence-electron chi connectivity index (χ0n) is 16.7. The SMILES string of the molecule is CCOCCCCNC(=NC)NCc1ccc(C(=O)N(CC)CC)cc1. The Morgan fingerprint density at radius 2 is 1.77 bits per heavy atom. The predicted octanol–water partition coefficient (Wildman–Crippen LogP) is 2.65. The molecule has 1 rings (SSSR count). The lowest BCUT2D eigenvalue weighted by Gasteiger charge is -2.18. The third-order valence-corrected chi connectivity index (χ3v) is 4.15. The molecule has 0 radical (unpaired) electrons. The minimum absolute atomic E-state index is 0.0824. The van der Waals surface area contributed by atoms with Gasteiger partial charge in [-0.25, -0.2) is 0 Å². The first kappa shape index (κ1) is 22.0. The monoisotopic (exact) mass is 362 g/mol. The number of hydrogen-bond donors (Lipinski definition) is 2. The van der Waals surface area contributed by atoms with Crippen molar-refractivity contribution in [2.24, 2.45) is 4.99 Å². The molecular formula is C20H34N4O2. The van der Waals surface area contributed by atoms with Crippen LogP contribution in [0.4, 0.5) is 0 Å². The van der Waals surface area contributed by atoms with Gasteiger partial charge in [-0.2, -0.15) is 0 Å². The fourth-order valence-electron chi connectivity index (χ4n) is 2.55. The molecule has 0 aliphatic rings. The Hall–Kier alpha value is -2.08. The average molecular weight is 363 g/mol. The standard InChI is InChI=1S/C20H34N4O2/c1-5-24(6-2)19(25)18-12-10-17(11-13-18)16-23-20(21-4)22-14-8-9-15-26-7-3/h10-13H,5-9,14-16H2,1-4H3,(H2,21,22,23). The number of carbonyl (C=O) groups excluding carboxylic acids is 1. The summed E-state index contributed by atoms with van der Waals surface area (Å²) in [6.07, 6.45) is 2.09.